The molecule has 1 N–H and O–H groups in total. The van der Waals surface area contributed by atoms with Crippen LogP contribution in [-0.2, 0) is 17.6 Å². The summed E-state index contributed by atoms with van der Waals surface area (Å²) in [7, 11) is 3.75. The van der Waals surface area contributed by atoms with Crippen molar-refractivity contribution < 1.29 is 14.3 Å². The lowest BCUT2D eigenvalue weighted by atomic mass is 10.1. The van der Waals surface area contributed by atoms with Crippen molar-refractivity contribution in [2.24, 2.45) is 0 Å². The summed E-state index contributed by atoms with van der Waals surface area (Å²) in [5, 5.41) is 3.00. The van der Waals surface area contributed by atoms with E-state index >= 15 is 0 Å². The van der Waals surface area contributed by atoms with E-state index in [9.17, 15) is 9.59 Å². The number of nitrogens with zero attached hydrogens (tertiary/aromatic N) is 2. The van der Waals surface area contributed by atoms with Gasteiger partial charge < -0.3 is 19.9 Å². The summed E-state index contributed by atoms with van der Waals surface area (Å²) < 4.78 is 6.13. The van der Waals surface area contributed by atoms with Crippen LogP contribution in [0, 0.1) is 0 Å². The molecule has 1 saturated heterocycles. The van der Waals surface area contributed by atoms with Crippen LogP contribution in [0.4, 0.5) is 0 Å². The van der Waals surface area contributed by atoms with Gasteiger partial charge in [-0.3, -0.25) is 9.59 Å². The van der Waals surface area contributed by atoms with Gasteiger partial charge in [-0.15, -0.1) is 22.7 Å². The number of methoxy groups -OCH3 is 1. The average molecular weight is 454 g/mol. The number of halogens is 1. The molecule has 2 aliphatic heterocycles. The predicted octanol–water partition coefficient (Wildman–Crippen LogP) is 2.76. The van der Waals surface area contributed by atoms with E-state index in [4.69, 9.17) is 16.3 Å². The maximum atomic E-state index is 13.1. The first-order chi connectivity index (χ1) is 13.9. The molecule has 0 bridgehead atoms. The van der Waals surface area contributed by atoms with Crippen LogP contribution < -0.4 is 5.32 Å². The zero-order valence-corrected chi connectivity index (χ0v) is 18.8. The fourth-order valence-electron chi connectivity index (χ4n) is 3.86. The second-order valence-electron chi connectivity index (χ2n) is 7.53. The number of nitrogens with one attached hydrogen (secondary N) is 1. The number of hydrogen-bond donors (Lipinski definition) is 1. The van der Waals surface area contributed by atoms with Crippen LogP contribution >= 0.6 is 34.3 Å². The van der Waals surface area contributed by atoms with E-state index in [0.29, 0.717) is 22.3 Å². The third kappa shape index (κ3) is 4.51. The lowest BCUT2D eigenvalue weighted by Crippen LogP contribution is -2.43. The molecule has 0 unspecified atom stereocenters. The van der Waals surface area contributed by atoms with Crippen LogP contribution in [0.15, 0.2) is 18.2 Å². The van der Waals surface area contributed by atoms with Gasteiger partial charge in [0.05, 0.1) is 26.2 Å². The van der Waals surface area contributed by atoms with E-state index in [-0.39, 0.29) is 24.0 Å². The Balaban J connectivity index is 1.43. The number of rotatable bonds is 4. The van der Waals surface area contributed by atoms with Gasteiger partial charge in [-0.05, 0) is 43.7 Å². The van der Waals surface area contributed by atoms with Crippen molar-refractivity contribution in [3.63, 3.8) is 0 Å². The van der Waals surface area contributed by atoms with Gasteiger partial charge >= 0.3 is 0 Å². The first-order valence-electron chi connectivity index (χ1n) is 9.63. The summed E-state index contributed by atoms with van der Waals surface area (Å²) in [5.74, 6) is -0.162. The molecule has 156 valence electrons. The van der Waals surface area contributed by atoms with Gasteiger partial charge in [0.15, 0.2) is 0 Å². The number of amides is 2. The summed E-state index contributed by atoms with van der Waals surface area (Å²) in [5.41, 5.74) is 1.30. The van der Waals surface area contributed by atoms with Gasteiger partial charge in [0.25, 0.3) is 11.8 Å². The van der Waals surface area contributed by atoms with Gasteiger partial charge in [-0.2, -0.15) is 0 Å². The molecule has 1 fully saturated rings. The summed E-state index contributed by atoms with van der Waals surface area (Å²) in [6, 6.07) is 5.22. The predicted molar refractivity (Wildman–Crippen MR) is 117 cm³/mol. The minimum atomic E-state index is -0.247. The van der Waals surface area contributed by atoms with Crippen molar-refractivity contribution in [3.05, 3.63) is 42.7 Å². The molecule has 2 atom stereocenters. The van der Waals surface area contributed by atoms with E-state index < -0.39 is 0 Å². The Morgan fingerprint density at radius 2 is 1.97 bits per heavy atom. The van der Waals surface area contributed by atoms with Crippen LogP contribution in [0.1, 0.15) is 29.8 Å². The molecule has 2 aromatic rings. The van der Waals surface area contributed by atoms with Crippen LogP contribution in [-0.4, -0.2) is 74.1 Å². The monoisotopic (exact) mass is 453 g/mol. The van der Waals surface area contributed by atoms with Crippen molar-refractivity contribution >= 4 is 46.1 Å². The summed E-state index contributed by atoms with van der Waals surface area (Å²) in [6.45, 7) is 2.95. The van der Waals surface area contributed by atoms with Crippen molar-refractivity contribution in [1.29, 1.82) is 0 Å². The Labute approximate surface area is 183 Å². The average Bonchev–Trinajstić information content (AvgIpc) is 3.40. The Hall–Kier alpha value is -1.45. The first-order valence-corrected chi connectivity index (χ1v) is 11.6. The Morgan fingerprint density at radius 3 is 2.69 bits per heavy atom. The van der Waals surface area contributed by atoms with E-state index in [1.165, 1.54) is 21.8 Å². The van der Waals surface area contributed by atoms with Gasteiger partial charge in [0.1, 0.15) is 0 Å². The standard InChI is InChI=1S/C20H24ClN3O3S2/c1-23-7-5-12-9-17(28-15(12)6-8-23)20(26)24-10-13(14(11-24)27-2)22-19(25)16-3-4-18(21)29-16/h3-4,9,13-14H,5-8,10-11H2,1-2H3,(H,22,25)/t13-,14-/m0/s1. The lowest BCUT2D eigenvalue weighted by molar-refractivity contribution is 0.0695. The number of carbonyl (C=O) groups excluding carboxylic acids is 2. The molecular formula is C20H24ClN3O3S2. The molecule has 0 aromatic carbocycles. The summed E-state index contributed by atoms with van der Waals surface area (Å²) in [6.07, 6.45) is 1.75. The van der Waals surface area contributed by atoms with E-state index in [1.807, 2.05) is 0 Å². The number of likely N-dealkylation sites (tertiary alicyclic amines) is 1. The van der Waals surface area contributed by atoms with Gasteiger partial charge in [0, 0.05) is 38.2 Å². The smallest absolute Gasteiger partial charge is 0.264 e. The van der Waals surface area contributed by atoms with Gasteiger partial charge in [-0.25, -0.2) is 0 Å². The highest BCUT2D eigenvalue weighted by molar-refractivity contribution is 7.18. The maximum absolute atomic E-state index is 13.1. The number of hydrogen-bond acceptors (Lipinski definition) is 6. The highest BCUT2D eigenvalue weighted by atomic mass is 35.5. The number of carbonyl (C=O) groups is 2. The van der Waals surface area contributed by atoms with Crippen molar-refractivity contribution in [2.75, 3.05) is 40.3 Å². The number of fused-ring (bicyclic) bond motifs is 1. The molecule has 0 aliphatic carbocycles. The highest BCUT2D eigenvalue weighted by Gasteiger charge is 2.37. The van der Waals surface area contributed by atoms with Crippen LogP contribution in [0.2, 0.25) is 4.34 Å². The molecule has 2 aliphatic rings. The van der Waals surface area contributed by atoms with Gasteiger partial charge in [-0.1, -0.05) is 11.6 Å². The van der Waals surface area contributed by atoms with Crippen molar-refractivity contribution in [2.45, 2.75) is 25.0 Å². The molecule has 2 aromatic heterocycles. The topological polar surface area (TPSA) is 61.9 Å². The summed E-state index contributed by atoms with van der Waals surface area (Å²) in [4.78, 5) is 32.4. The first kappa shape index (κ1) is 20.8. The molecule has 29 heavy (non-hydrogen) atoms. The third-order valence-corrected chi connectivity index (χ3v) is 8.02. The zero-order chi connectivity index (χ0) is 20.5. The fraction of sp³-hybridized carbons (Fsp3) is 0.500. The normalized spacial score (nSPS) is 22.4. The van der Waals surface area contributed by atoms with Crippen LogP contribution in [0.3, 0.4) is 0 Å². The van der Waals surface area contributed by atoms with Gasteiger partial charge in [0.2, 0.25) is 0 Å². The number of likely N-dealkylation sites (N-methyl/N-ethyl adjacent to an activating group) is 1. The van der Waals surface area contributed by atoms with E-state index in [2.05, 4.69) is 23.3 Å². The number of thiophene rings is 2. The van der Waals surface area contributed by atoms with Crippen molar-refractivity contribution in [1.82, 2.24) is 15.1 Å². The van der Waals surface area contributed by atoms with Crippen LogP contribution in [0.5, 0.6) is 0 Å². The molecule has 6 nitrogen and oxygen atoms in total. The molecular weight excluding hydrogens is 430 g/mol. The molecule has 4 rings (SSSR count). The second-order valence-corrected chi connectivity index (χ2v) is 10.4. The third-order valence-electron chi connectivity index (χ3n) is 5.56. The minimum absolute atomic E-state index is 0.0226. The molecule has 0 spiro atoms. The highest BCUT2D eigenvalue weighted by Crippen LogP contribution is 2.28. The maximum Gasteiger partial charge on any atom is 0.264 e. The number of ether oxygens (including phenoxy) is 1. The Kier molecular flexibility index (Phi) is 6.27. The molecule has 9 heteroatoms. The Morgan fingerprint density at radius 1 is 1.17 bits per heavy atom. The van der Waals surface area contributed by atoms with Crippen molar-refractivity contribution in [3.8, 4) is 0 Å². The summed E-state index contributed by atoms with van der Waals surface area (Å²) >= 11 is 8.78. The largest absolute Gasteiger partial charge is 0.377 e. The molecule has 0 radical (unpaired) electrons. The molecule has 2 amide bonds. The molecule has 0 saturated carbocycles. The Bertz CT molecular complexity index is 887. The second kappa shape index (κ2) is 8.73. The fourth-order valence-corrected chi connectivity index (χ4v) is 5.97. The quantitative estimate of drug-likeness (QED) is 0.773. The van der Waals surface area contributed by atoms with Crippen LogP contribution in [0.25, 0.3) is 0 Å². The molecule has 4 heterocycles. The zero-order valence-electron chi connectivity index (χ0n) is 16.4. The SMILES string of the molecule is CO[C@H]1CN(C(=O)c2cc3c(s2)CCN(C)CC3)C[C@@H]1NC(=O)c1ccc(Cl)s1. The van der Waals surface area contributed by atoms with E-state index in [1.54, 1.807) is 35.5 Å². The minimum Gasteiger partial charge on any atom is -0.377 e. The van der Waals surface area contributed by atoms with E-state index in [0.717, 1.165) is 30.8 Å². The lowest BCUT2D eigenvalue weighted by Gasteiger charge is -2.17.